The summed E-state index contributed by atoms with van der Waals surface area (Å²) < 4.78 is 32.4. The maximum absolute atomic E-state index is 12.6. The Hall–Kier alpha value is -2.19. The molecule has 5 nitrogen and oxygen atoms in total. The second-order valence-electron chi connectivity index (χ2n) is 6.24. The average molecular weight is 457 g/mol. The molecule has 1 fully saturated rings. The summed E-state index contributed by atoms with van der Waals surface area (Å²) in [7, 11) is 0. The summed E-state index contributed by atoms with van der Waals surface area (Å²) >= 11 is 8.25. The van der Waals surface area contributed by atoms with Gasteiger partial charge in [0.05, 0.1) is 17.4 Å². The highest BCUT2D eigenvalue weighted by Gasteiger charge is 2.28. The minimum atomic E-state index is -3.78. The molecule has 1 aliphatic carbocycles. The van der Waals surface area contributed by atoms with Crippen molar-refractivity contribution in [3.05, 3.63) is 52.8 Å². The predicted molar refractivity (Wildman–Crippen MR) is 102 cm³/mol. The molecule has 0 atom stereocenters. The normalized spacial score (nSPS) is 14.4. The molecular formula is C18H13BrClF2N3O2. The van der Waals surface area contributed by atoms with Crippen LogP contribution in [0, 0.1) is 0 Å². The second kappa shape index (κ2) is 6.76. The van der Waals surface area contributed by atoms with Crippen LogP contribution in [0.25, 0.3) is 11.0 Å². The van der Waals surface area contributed by atoms with E-state index < -0.39 is 5.57 Å². The third-order valence-electron chi connectivity index (χ3n) is 4.17. The summed E-state index contributed by atoms with van der Waals surface area (Å²) in [5.41, 5.74) is -1.21. The minimum Gasteiger partial charge on any atom is -0.420 e. The van der Waals surface area contributed by atoms with Crippen molar-refractivity contribution < 1.29 is 18.3 Å². The second-order valence-corrected chi connectivity index (χ2v) is 7.53. The van der Waals surface area contributed by atoms with Gasteiger partial charge < -0.3 is 14.6 Å². The average Bonchev–Trinajstić information content (AvgIpc) is 3.34. The number of halogens is 4. The van der Waals surface area contributed by atoms with Gasteiger partial charge >= 0.3 is 5.57 Å². The Morgan fingerprint density at radius 2 is 2.00 bits per heavy atom. The molecule has 140 valence electrons. The van der Waals surface area contributed by atoms with Crippen LogP contribution in [0.4, 0.5) is 14.5 Å². The zero-order valence-electron chi connectivity index (χ0n) is 13.8. The van der Waals surface area contributed by atoms with Gasteiger partial charge in [0.2, 0.25) is 0 Å². The smallest absolute Gasteiger partial charge is 0.420 e. The van der Waals surface area contributed by atoms with Crippen molar-refractivity contribution in [1.29, 1.82) is 0 Å². The van der Waals surface area contributed by atoms with Gasteiger partial charge in [-0.15, -0.1) is 8.78 Å². The van der Waals surface area contributed by atoms with Gasteiger partial charge in [-0.3, -0.25) is 4.79 Å². The first-order valence-electron chi connectivity index (χ1n) is 8.13. The SMILES string of the molecule is O=C(Nc1ccc(OC(F)(F)Cl)cc1)c1cc(Br)c2c(c1)ncn2C1CC1. The molecule has 2 aromatic carbocycles. The Morgan fingerprint density at radius 3 is 2.63 bits per heavy atom. The maximum Gasteiger partial charge on any atom is 0.487 e. The quantitative estimate of drug-likeness (QED) is 0.512. The van der Waals surface area contributed by atoms with Crippen LogP contribution >= 0.6 is 27.5 Å². The lowest BCUT2D eigenvalue weighted by Gasteiger charge is -2.11. The van der Waals surface area contributed by atoms with Crippen molar-refractivity contribution in [2.75, 3.05) is 5.32 Å². The van der Waals surface area contributed by atoms with Crippen LogP contribution in [-0.4, -0.2) is 21.0 Å². The Morgan fingerprint density at radius 1 is 1.30 bits per heavy atom. The van der Waals surface area contributed by atoms with Gasteiger partial charge in [-0.05, 0) is 65.2 Å². The number of fused-ring (bicyclic) bond motifs is 1. The third kappa shape index (κ3) is 4.06. The highest BCUT2D eigenvalue weighted by atomic mass is 79.9. The molecule has 1 aliphatic rings. The van der Waals surface area contributed by atoms with Gasteiger partial charge in [-0.1, -0.05) is 0 Å². The summed E-state index contributed by atoms with van der Waals surface area (Å²) in [5, 5.41) is 2.71. The number of alkyl halides is 3. The molecule has 1 heterocycles. The number of ether oxygens (including phenoxy) is 1. The van der Waals surface area contributed by atoms with E-state index in [0.29, 0.717) is 17.3 Å². The first kappa shape index (κ1) is 18.2. The number of nitrogens with one attached hydrogen (secondary N) is 1. The standard InChI is InChI=1S/C18H13BrClF2N3O2/c19-14-7-10(8-15-16(14)25(9-23-15)12-3-4-12)17(26)24-11-1-5-13(6-2-11)27-18(20,21)22/h1-2,5-9,12H,3-4H2,(H,24,26). The molecule has 27 heavy (non-hydrogen) atoms. The van der Waals surface area contributed by atoms with Crippen LogP contribution in [0.2, 0.25) is 0 Å². The lowest BCUT2D eigenvalue weighted by Crippen LogP contribution is -2.15. The summed E-state index contributed by atoms with van der Waals surface area (Å²) in [6.07, 6.45) is 4.06. The molecule has 4 rings (SSSR count). The monoisotopic (exact) mass is 455 g/mol. The molecular weight excluding hydrogens is 444 g/mol. The van der Waals surface area contributed by atoms with Gasteiger partial charge in [0, 0.05) is 33.4 Å². The largest absolute Gasteiger partial charge is 0.487 e. The third-order valence-corrected chi connectivity index (χ3v) is 4.85. The number of hydrogen-bond donors (Lipinski definition) is 1. The molecule has 1 amide bonds. The minimum absolute atomic E-state index is 0.109. The Balaban J connectivity index is 1.53. The number of anilines is 1. The number of hydrogen-bond acceptors (Lipinski definition) is 3. The molecule has 9 heteroatoms. The Bertz CT molecular complexity index is 1010. The Labute approximate surface area is 166 Å². The highest BCUT2D eigenvalue weighted by molar-refractivity contribution is 9.10. The van der Waals surface area contributed by atoms with Gasteiger partial charge in [-0.25, -0.2) is 4.98 Å². The van der Waals surface area contributed by atoms with E-state index in [1.807, 2.05) is 0 Å². The first-order valence-corrected chi connectivity index (χ1v) is 9.30. The first-order chi connectivity index (χ1) is 12.8. The van der Waals surface area contributed by atoms with Gasteiger partial charge in [0.25, 0.3) is 5.91 Å². The topological polar surface area (TPSA) is 56.1 Å². The lowest BCUT2D eigenvalue weighted by molar-refractivity contribution is -0.0964. The number of imidazole rings is 1. The lowest BCUT2D eigenvalue weighted by atomic mass is 10.1. The molecule has 0 spiro atoms. The van der Waals surface area contributed by atoms with E-state index >= 15 is 0 Å². The van der Waals surface area contributed by atoms with E-state index in [2.05, 4.69) is 35.5 Å². The van der Waals surface area contributed by atoms with Crippen LogP contribution < -0.4 is 10.1 Å². The van der Waals surface area contributed by atoms with Crippen LogP contribution in [0.15, 0.2) is 47.2 Å². The van der Waals surface area contributed by atoms with Gasteiger partial charge in [-0.2, -0.15) is 0 Å². The number of benzene rings is 2. The fourth-order valence-corrected chi connectivity index (χ4v) is 3.57. The summed E-state index contributed by atoms with van der Waals surface area (Å²) in [6, 6.07) is 9.43. The number of amides is 1. The van der Waals surface area contributed by atoms with Gasteiger partial charge in [0.15, 0.2) is 0 Å². The fourth-order valence-electron chi connectivity index (χ4n) is 2.82. The van der Waals surface area contributed by atoms with Crippen molar-refractivity contribution in [3.8, 4) is 5.75 Å². The van der Waals surface area contributed by atoms with Gasteiger partial charge in [0.1, 0.15) is 5.75 Å². The molecule has 1 N–H and O–H groups in total. The van der Waals surface area contributed by atoms with Crippen molar-refractivity contribution in [2.24, 2.45) is 0 Å². The number of aromatic nitrogens is 2. The number of rotatable bonds is 5. The van der Waals surface area contributed by atoms with Crippen molar-refractivity contribution >= 4 is 50.2 Å². The maximum atomic E-state index is 12.6. The van der Waals surface area contributed by atoms with E-state index in [4.69, 9.17) is 11.6 Å². The van der Waals surface area contributed by atoms with E-state index in [-0.39, 0.29) is 11.7 Å². The van der Waals surface area contributed by atoms with Crippen molar-refractivity contribution in [2.45, 2.75) is 24.5 Å². The Kier molecular flexibility index (Phi) is 4.55. The summed E-state index contributed by atoms with van der Waals surface area (Å²) in [5.74, 6) is -0.447. The van der Waals surface area contributed by atoms with Crippen molar-refractivity contribution in [1.82, 2.24) is 9.55 Å². The van der Waals surface area contributed by atoms with E-state index in [0.717, 1.165) is 28.3 Å². The number of nitrogens with zero attached hydrogens (tertiary/aromatic N) is 2. The number of carbonyl (C=O) groups is 1. The molecule has 0 aliphatic heterocycles. The highest BCUT2D eigenvalue weighted by Crippen LogP contribution is 2.39. The molecule has 0 radical (unpaired) electrons. The summed E-state index contributed by atoms with van der Waals surface area (Å²) in [4.78, 5) is 16.9. The molecule has 0 saturated heterocycles. The molecule has 1 aromatic heterocycles. The van der Waals surface area contributed by atoms with Crippen LogP contribution in [0.1, 0.15) is 29.2 Å². The molecule has 0 bridgehead atoms. The van der Waals surface area contributed by atoms with E-state index in [9.17, 15) is 13.6 Å². The number of carbonyl (C=O) groups excluding carboxylic acids is 1. The van der Waals surface area contributed by atoms with Crippen LogP contribution in [0.5, 0.6) is 5.75 Å². The molecule has 0 unspecified atom stereocenters. The molecule has 3 aromatic rings. The van der Waals surface area contributed by atoms with E-state index in [1.54, 1.807) is 18.5 Å². The molecule has 1 saturated carbocycles. The van der Waals surface area contributed by atoms with Crippen LogP contribution in [0.3, 0.4) is 0 Å². The fraction of sp³-hybridized carbons (Fsp3) is 0.222. The van der Waals surface area contributed by atoms with Crippen molar-refractivity contribution in [3.63, 3.8) is 0 Å². The summed E-state index contributed by atoms with van der Waals surface area (Å²) in [6.45, 7) is 0. The van der Waals surface area contributed by atoms with Crippen LogP contribution in [-0.2, 0) is 0 Å². The van der Waals surface area contributed by atoms with E-state index in [1.165, 1.54) is 24.3 Å². The zero-order valence-corrected chi connectivity index (χ0v) is 16.1. The zero-order chi connectivity index (χ0) is 19.2. The predicted octanol–water partition coefficient (Wildman–Crippen LogP) is 5.55.